The van der Waals surface area contributed by atoms with E-state index < -0.39 is 11.5 Å². The lowest BCUT2D eigenvalue weighted by Crippen LogP contribution is -2.51. The molecule has 0 saturated heterocycles. The van der Waals surface area contributed by atoms with Gasteiger partial charge in [-0.2, -0.15) is 11.8 Å². The van der Waals surface area contributed by atoms with Crippen LogP contribution in [0.1, 0.15) is 40.5 Å². The average Bonchev–Trinajstić information content (AvgIpc) is 2.17. The molecule has 0 aromatic carbocycles. The van der Waals surface area contributed by atoms with Crippen molar-refractivity contribution in [1.82, 2.24) is 5.32 Å². The highest BCUT2D eigenvalue weighted by molar-refractivity contribution is 8.00. The molecule has 0 heterocycles. The fourth-order valence-electron chi connectivity index (χ4n) is 1.89. The molecule has 0 aromatic heterocycles. The van der Waals surface area contributed by atoms with E-state index in [4.69, 9.17) is 5.11 Å². The zero-order valence-corrected chi connectivity index (χ0v) is 12.0. The van der Waals surface area contributed by atoms with Crippen LogP contribution >= 0.6 is 11.8 Å². The number of carbonyl (C=O) groups is 1. The highest BCUT2D eigenvalue weighted by Crippen LogP contribution is 2.26. The molecule has 4 nitrogen and oxygen atoms in total. The summed E-state index contributed by atoms with van der Waals surface area (Å²) in [5.74, 6) is -0.804. The molecule has 3 N–H and O–H groups in total. The predicted octanol–water partition coefficient (Wildman–Crippen LogP) is 1.72. The van der Waals surface area contributed by atoms with Gasteiger partial charge in [-0.15, -0.1) is 0 Å². The largest absolute Gasteiger partial charge is 0.480 e. The van der Waals surface area contributed by atoms with E-state index >= 15 is 0 Å². The van der Waals surface area contributed by atoms with Crippen molar-refractivity contribution in [3.05, 3.63) is 0 Å². The SMILES string of the molecule is CCNC(C)(CC(C)SC(C)CCO)C(=O)O. The highest BCUT2D eigenvalue weighted by atomic mass is 32.2. The molecule has 0 amide bonds. The van der Waals surface area contributed by atoms with E-state index in [1.165, 1.54) is 0 Å². The summed E-state index contributed by atoms with van der Waals surface area (Å²) in [6.07, 6.45) is 1.33. The molecular formula is C12H25NO3S. The van der Waals surface area contributed by atoms with Crippen molar-refractivity contribution in [3.63, 3.8) is 0 Å². The number of thioether (sulfide) groups is 1. The molecule has 0 aromatic rings. The Bertz CT molecular complexity index is 238. The maximum Gasteiger partial charge on any atom is 0.323 e. The number of aliphatic hydroxyl groups excluding tert-OH is 1. The summed E-state index contributed by atoms with van der Waals surface area (Å²) in [6, 6.07) is 0. The summed E-state index contributed by atoms with van der Waals surface area (Å²) in [4.78, 5) is 11.2. The van der Waals surface area contributed by atoms with Gasteiger partial charge in [-0.3, -0.25) is 4.79 Å². The van der Waals surface area contributed by atoms with E-state index in [1.54, 1.807) is 18.7 Å². The van der Waals surface area contributed by atoms with Crippen molar-refractivity contribution < 1.29 is 15.0 Å². The summed E-state index contributed by atoms with van der Waals surface area (Å²) in [7, 11) is 0. The second-order valence-corrected chi connectivity index (χ2v) is 6.52. The van der Waals surface area contributed by atoms with Crippen LogP contribution in [0.25, 0.3) is 0 Å². The fourth-order valence-corrected chi connectivity index (χ4v) is 3.36. The van der Waals surface area contributed by atoms with Crippen molar-refractivity contribution in [2.75, 3.05) is 13.2 Å². The maximum atomic E-state index is 11.2. The standard InChI is InChI=1S/C12H25NO3S/c1-5-13-12(4,11(15)16)8-10(3)17-9(2)6-7-14/h9-10,13-14H,5-8H2,1-4H3,(H,15,16). The Morgan fingerprint density at radius 1 is 1.41 bits per heavy atom. The van der Waals surface area contributed by atoms with Crippen LogP contribution in [0, 0.1) is 0 Å². The van der Waals surface area contributed by atoms with Gasteiger partial charge in [-0.05, 0) is 26.3 Å². The molecule has 0 aliphatic carbocycles. The van der Waals surface area contributed by atoms with Crippen LogP contribution in [0.5, 0.6) is 0 Å². The Kier molecular flexibility index (Phi) is 7.83. The molecule has 0 saturated carbocycles. The number of carboxylic acid groups (broad SMARTS) is 1. The van der Waals surface area contributed by atoms with Crippen LogP contribution in [0.15, 0.2) is 0 Å². The maximum absolute atomic E-state index is 11.2. The zero-order chi connectivity index (χ0) is 13.5. The Morgan fingerprint density at radius 3 is 2.41 bits per heavy atom. The highest BCUT2D eigenvalue weighted by Gasteiger charge is 2.34. The molecule has 3 unspecified atom stereocenters. The minimum absolute atomic E-state index is 0.185. The minimum Gasteiger partial charge on any atom is -0.480 e. The van der Waals surface area contributed by atoms with Gasteiger partial charge in [0.05, 0.1) is 0 Å². The molecule has 0 fully saturated rings. The summed E-state index contributed by atoms with van der Waals surface area (Å²) in [5, 5.41) is 21.7. The van der Waals surface area contributed by atoms with Crippen LogP contribution in [0.2, 0.25) is 0 Å². The van der Waals surface area contributed by atoms with E-state index in [2.05, 4.69) is 12.2 Å². The molecule has 3 atom stereocenters. The summed E-state index contributed by atoms with van der Waals surface area (Å²) in [6.45, 7) is 8.57. The fraction of sp³-hybridized carbons (Fsp3) is 0.917. The quantitative estimate of drug-likeness (QED) is 0.591. The summed E-state index contributed by atoms with van der Waals surface area (Å²) < 4.78 is 0. The first kappa shape index (κ1) is 16.7. The van der Waals surface area contributed by atoms with Gasteiger partial charge in [0.2, 0.25) is 0 Å². The van der Waals surface area contributed by atoms with E-state index in [0.29, 0.717) is 18.2 Å². The summed E-state index contributed by atoms with van der Waals surface area (Å²) >= 11 is 1.73. The second-order valence-electron chi connectivity index (χ2n) is 4.64. The van der Waals surface area contributed by atoms with E-state index in [9.17, 15) is 9.90 Å². The lowest BCUT2D eigenvalue weighted by molar-refractivity contribution is -0.144. The lowest BCUT2D eigenvalue weighted by atomic mass is 9.96. The monoisotopic (exact) mass is 263 g/mol. The molecule has 0 aliphatic heterocycles. The van der Waals surface area contributed by atoms with Gasteiger partial charge < -0.3 is 15.5 Å². The number of nitrogens with one attached hydrogen (secondary N) is 1. The summed E-state index contributed by atoms with van der Waals surface area (Å²) in [5.41, 5.74) is -0.861. The number of aliphatic hydroxyl groups is 1. The third kappa shape index (κ3) is 6.29. The third-order valence-corrected chi connectivity index (χ3v) is 4.07. The Labute approximate surface area is 108 Å². The van der Waals surface area contributed by atoms with E-state index in [0.717, 1.165) is 6.42 Å². The van der Waals surface area contributed by atoms with Crippen LogP contribution in [-0.2, 0) is 4.79 Å². The molecule has 0 bridgehead atoms. The number of likely N-dealkylation sites (N-methyl/N-ethyl adjacent to an activating group) is 1. The van der Waals surface area contributed by atoms with Crippen molar-refractivity contribution in [3.8, 4) is 0 Å². The van der Waals surface area contributed by atoms with Crippen molar-refractivity contribution in [1.29, 1.82) is 0 Å². The van der Waals surface area contributed by atoms with Crippen molar-refractivity contribution >= 4 is 17.7 Å². The van der Waals surface area contributed by atoms with E-state index in [1.807, 2.05) is 13.8 Å². The number of carboxylic acids is 1. The molecule has 17 heavy (non-hydrogen) atoms. The lowest BCUT2D eigenvalue weighted by Gasteiger charge is -2.29. The number of hydrogen-bond donors (Lipinski definition) is 3. The van der Waals surface area contributed by atoms with Gasteiger partial charge in [0.15, 0.2) is 0 Å². The van der Waals surface area contributed by atoms with Crippen LogP contribution < -0.4 is 5.32 Å². The van der Waals surface area contributed by atoms with Gasteiger partial charge >= 0.3 is 5.97 Å². The molecule has 0 rings (SSSR count). The van der Waals surface area contributed by atoms with Gasteiger partial charge in [-0.25, -0.2) is 0 Å². The number of rotatable bonds is 9. The molecule has 5 heteroatoms. The minimum atomic E-state index is -0.861. The van der Waals surface area contributed by atoms with Crippen LogP contribution in [-0.4, -0.2) is 45.4 Å². The number of hydrogen-bond acceptors (Lipinski definition) is 4. The smallest absolute Gasteiger partial charge is 0.323 e. The molecular weight excluding hydrogens is 238 g/mol. The Hall–Kier alpha value is -0.260. The predicted molar refractivity (Wildman–Crippen MR) is 72.6 cm³/mol. The van der Waals surface area contributed by atoms with Crippen molar-refractivity contribution in [2.45, 2.75) is 56.6 Å². The molecule has 0 aliphatic rings. The topological polar surface area (TPSA) is 69.6 Å². The van der Waals surface area contributed by atoms with Crippen LogP contribution in [0.4, 0.5) is 0 Å². The van der Waals surface area contributed by atoms with Gasteiger partial charge in [0.1, 0.15) is 5.54 Å². The normalized spacial score (nSPS) is 18.4. The van der Waals surface area contributed by atoms with E-state index in [-0.39, 0.29) is 11.9 Å². The van der Waals surface area contributed by atoms with Crippen molar-refractivity contribution in [2.24, 2.45) is 0 Å². The number of aliphatic carboxylic acids is 1. The molecule has 0 spiro atoms. The first-order valence-corrected chi connectivity index (χ1v) is 7.04. The zero-order valence-electron chi connectivity index (χ0n) is 11.2. The van der Waals surface area contributed by atoms with Gasteiger partial charge in [-0.1, -0.05) is 20.8 Å². The second kappa shape index (κ2) is 7.95. The average molecular weight is 263 g/mol. The van der Waals surface area contributed by atoms with Gasteiger partial charge in [0, 0.05) is 17.1 Å². The van der Waals surface area contributed by atoms with Crippen LogP contribution in [0.3, 0.4) is 0 Å². The third-order valence-electron chi connectivity index (χ3n) is 2.73. The first-order chi connectivity index (χ1) is 7.85. The first-order valence-electron chi connectivity index (χ1n) is 6.10. The molecule has 102 valence electrons. The Balaban J connectivity index is 4.31. The molecule has 0 radical (unpaired) electrons. The van der Waals surface area contributed by atoms with Gasteiger partial charge in [0.25, 0.3) is 0 Å². The Morgan fingerprint density at radius 2 is 2.00 bits per heavy atom.